The highest BCUT2D eigenvalue weighted by atomic mass is 16.3. The molecule has 0 saturated heterocycles. The van der Waals surface area contributed by atoms with Crippen LogP contribution in [-0.4, -0.2) is 15.0 Å². The Hall–Kier alpha value is -8.15. The summed E-state index contributed by atoms with van der Waals surface area (Å²) in [6.45, 7) is 0. The van der Waals surface area contributed by atoms with Crippen LogP contribution in [-0.2, 0) is 0 Å². The molecule has 0 N–H and O–H groups in total. The Kier molecular flexibility index (Phi) is 6.95. The first-order valence-electron chi connectivity index (χ1n) is 20.2. The largest absolute Gasteiger partial charge is 0.456 e. The van der Waals surface area contributed by atoms with Gasteiger partial charge in [-0.05, 0) is 90.6 Å². The number of fused-ring (bicyclic) bond motifs is 12. The third-order valence-corrected chi connectivity index (χ3v) is 12.1. The van der Waals surface area contributed by atoms with Gasteiger partial charge in [-0.15, -0.1) is 0 Å². The number of nitrogens with zero attached hydrogens (tertiary/aromatic N) is 3. The van der Waals surface area contributed by atoms with E-state index in [1.165, 1.54) is 16.2 Å². The molecule has 5 heteroatoms. The van der Waals surface area contributed by atoms with Gasteiger partial charge in [-0.3, -0.25) is 0 Å². The predicted molar refractivity (Wildman–Crippen MR) is 246 cm³/mol. The topological polar surface area (TPSA) is 65.0 Å². The lowest BCUT2D eigenvalue weighted by Crippen LogP contribution is -2.01. The summed E-state index contributed by atoms with van der Waals surface area (Å²) in [5.41, 5.74) is 8.46. The summed E-state index contributed by atoms with van der Waals surface area (Å²) in [5.74, 6) is 1.82. The first-order chi connectivity index (χ1) is 29.7. The summed E-state index contributed by atoms with van der Waals surface area (Å²) >= 11 is 0. The van der Waals surface area contributed by atoms with Crippen LogP contribution in [0.1, 0.15) is 0 Å². The smallest absolute Gasteiger partial charge is 0.164 e. The molecule has 60 heavy (non-hydrogen) atoms. The molecule has 0 unspecified atom stereocenters. The highest BCUT2D eigenvalue weighted by molar-refractivity contribution is 6.20. The third-order valence-electron chi connectivity index (χ3n) is 12.1. The zero-order chi connectivity index (χ0) is 39.3. The van der Waals surface area contributed by atoms with Gasteiger partial charge in [-0.2, -0.15) is 0 Å². The third kappa shape index (κ3) is 4.96. The minimum atomic E-state index is 0.600. The van der Waals surface area contributed by atoms with Crippen LogP contribution in [0.5, 0.6) is 0 Å². The van der Waals surface area contributed by atoms with Crippen LogP contribution >= 0.6 is 0 Å². The molecule has 0 spiro atoms. The molecule has 13 aromatic rings. The van der Waals surface area contributed by atoms with E-state index >= 15 is 0 Å². The second kappa shape index (κ2) is 12.7. The van der Waals surface area contributed by atoms with E-state index in [-0.39, 0.29) is 0 Å². The van der Waals surface area contributed by atoms with Crippen LogP contribution in [0.3, 0.4) is 0 Å². The van der Waals surface area contributed by atoms with Gasteiger partial charge in [0.2, 0.25) is 0 Å². The lowest BCUT2D eigenvalue weighted by molar-refractivity contribution is 0.668. The molecule has 0 aliphatic rings. The number of rotatable bonds is 4. The van der Waals surface area contributed by atoms with Gasteiger partial charge in [0.1, 0.15) is 22.3 Å². The molecule has 278 valence electrons. The van der Waals surface area contributed by atoms with E-state index in [0.717, 1.165) is 98.6 Å². The molecule has 0 atom stereocenters. The quantitative estimate of drug-likeness (QED) is 0.167. The summed E-state index contributed by atoms with van der Waals surface area (Å²) in [4.78, 5) is 15.9. The second-order valence-electron chi connectivity index (χ2n) is 15.5. The maximum absolute atomic E-state index is 6.32. The van der Waals surface area contributed by atoms with Crippen molar-refractivity contribution in [3.63, 3.8) is 0 Å². The Bertz CT molecular complexity index is 3910. The summed E-state index contributed by atoms with van der Waals surface area (Å²) in [7, 11) is 0. The normalized spacial score (nSPS) is 12.0. The highest BCUT2D eigenvalue weighted by Crippen LogP contribution is 2.42. The molecule has 0 aliphatic heterocycles. The summed E-state index contributed by atoms with van der Waals surface area (Å²) in [6, 6.07) is 65.7. The van der Waals surface area contributed by atoms with Crippen molar-refractivity contribution in [3.05, 3.63) is 188 Å². The maximum atomic E-state index is 6.32. The van der Waals surface area contributed by atoms with Crippen LogP contribution in [0, 0.1) is 0 Å². The molecule has 0 saturated carbocycles. The van der Waals surface area contributed by atoms with Crippen molar-refractivity contribution in [1.29, 1.82) is 0 Å². The van der Waals surface area contributed by atoms with Gasteiger partial charge >= 0.3 is 0 Å². The van der Waals surface area contributed by atoms with Crippen LogP contribution in [0.4, 0.5) is 0 Å². The van der Waals surface area contributed by atoms with Crippen molar-refractivity contribution in [3.8, 4) is 45.3 Å². The molecule has 0 fully saturated rings. The maximum Gasteiger partial charge on any atom is 0.164 e. The first kappa shape index (κ1) is 32.9. The van der Waals surface area contributed by atoms with Crippen LogP contribution in [0.15, 0.2) is 197 Å². The molecule has 0 bridgehead atoms. The van der Waals surface area contributed by atoms with Gasteiger partial charge in [0, 0.05) is 38.2 Å². The Morgan fingerprint density at radius 3 is 1.48 bits per heavy atom. The Labute approximate surface area is 342 Å². The summed E-state index contributed by atoms with van der Waals surface area (Å²) in [6.07, 6.45) is 0. The van der Waals surface area contributed by atoms with E-state index in [9.17, 15) is 0 Å². The van der Waals surface area contributed by atoms with Gasteiger partial charge in [0.15, 0.2) is 17.5 Å². The zero-order valence-electron chi connectivity index (χ0n) is 32.1. The molecule has 10 aromatic carbocycles. The monoisotopic (exact) mass is 765 g/mol. The SMILES string of the molecule is c1ccc2c(c1)ccc1ccc(-c3nc(-c4ccc5ccc6oc7ccccc7c6c5c4)nc(-c4cccc5c(-c6cccc7oc8ccccc8c67)cccc45)n3)cc12. The fourth-order valence-electron chi connectivity index (χ4n) is 9.32. The molecule has 13 rings (SSSR count). The van der Waals surface area contributed by atoms with Crippen molar-refractivity contribution in [2.24, 2.45) is 0 Å². The lowest BCUT2D eigenvalue weighted by Gasteiger charge is -2.13. The lowest BCUT2D eigenvalue weighted by atomic mass is 9.93. The van der Waals surface area contributed by atoms with E-state index in [1.807, 2.05) is 30.3 Å². The van der Waals surface area contributed by atoms with Crippen LogP contribution in [0.25, 0.3) is 132 Å². The molecule has 3 heterocycles. The van der Waals surface area contributed by atoms with Gasteiger partial charge < -0.3 is 8.83 Å². The molecular formula is C55H31N3O2. The minimum Gasteiger partial charge on any atom is -0.456 e. The average molecular weight is 766 g/mol. The Balaban J connectivity index is 1.06. The Morgan fingerprint density at radius 2 is 0.733 bits per heavy atom. The van der Waals surface area contributed by atoms with Crippen LogP contribution in [0.2, 0.25) is 0 Å². The van der Waals surface area contributed by atoms with Gasteiger partial charge in [0.25, 0.3) is 0 Å². The number of para-hydroxylation sites is 2. The molecular weight excluding hydrogens is 735 g/mol. The van der Waals surface area contributed by atoms with Crippen molar-refractivity contribution < 1.29 is 8.83 Å². The second-order valence-corrected chi connectivity index (χ2v) is 15.5. The number of aromatic nitrogens is 3. The van der Waals surface area contributed by atoms with Gasteiger partial charge in [-0.1, -0.05) is 152 Å². The van der Waals surface area contributed by atoms with Crippen molar-refractivity contribution in [2.45, 2.75) is 0 Å². The fourth-order valence-corrected chi connectivity index (χ4v) is 9.32. The van der Waals surface area contributed by atoms with E-state index in [2.05, 4.69) is 158 Å². The van der Waals surface area contributed by atoms with Gasteiger partial charge in [0.05, 0.1) is 0 Å². The summed E-state index contributed by atoms with van der Waals surface area (Å²) < 4.78 is 12.6. The molecule has 0 amide bonds. The number of furan rings is 2. The van der Waals surface area contributed by atoms with Crippen molar-refractivity contribution in [1.82, 2.24) is 15.0 Å². The van der Waals surface area contributed by atoms with E-state index in [1.54, 1.807) is 0 Å². The number of hydrogen-bond acceptors (Lipinski definition) is 5. The standard InChI is InChI=1S/C55H31N3O2/c1-2-11-37-32(10-1)22-23-33-24-26-35(30-45(33)37)53-56-54(36-27-25-34-28-29-50-52(46(34)31-36)44-13-4-6-20-48(44)60-50)58-55(57-53)42-18-8-14-38-39(15-7-16-40(38)42)41-17-9-21-49-51(41)43-12-3-5-19-47(43)59-49/h1-31H. The van der Waals surface area contributed by atoms with E-state index in [4.69, 9.17) is 23.8 Å². The molecule has 0 radical (unpaired) electrons. The zero-order valence-corrected chi connectivity index (χ0v) is 32.1. The van der Waals surface area contributed by atoms with Crippen molar-refractivity contribution >= 4 is 87.0 Å². The fraction of sp³-hybridized carbons (Fsp3) is 0. The van der Waals surface area contributed by atoms with E-state index in [0.29, 0.717) is 17.5 Å². The summed E-state index contributed by atoms with van der Waals surface area (Å²) in [5, 5.41) is 13.5. The average Bonchev–Trinajstić information content (AvgIpc) is 3.90. The Morgan fingerprint density at radius 1 is 0.267 bits per heavy atom. The van der Waals surface area contributed by atoms with Gasteiger partial charge in [-0.25, -0.2) is 15.0 Å². The first-order valence-corrected chi connectivity index (χ1v) is 20.2. The molecule has 3 aromatic heterocycles. The number of benzene rings is 10. The van der Waals surface area contributed by atoms with E-state index < -0.39 is 0 Å². The van der Waals surface area contributed by atoms with Crippen molar-refractivity contribution in [2.75, 3.05) is 0 Å². The number of hydrogen-bond donors (Lipinski definition) is 0. The minimum absolute atomic E-state index is 0.600. The van der Waals surface area contributed by atoms with Crippen LogP contribution < -0.4 is 0 Å². The predicted octanol–water partition coefficient (Wildman–Crippen LogP) is 15.0. The molecule has 5 nitrogen and oxygen atoms in total. The highest BCUT2D eigenvalue weighted by Gasteiger charge is 2.19. The molecule has 0 aliphatic carbocycles.